The summed E-state index contributed by atoms with van der Waals surface area (Å²) in [4.78, 5) is 10.5. The van der Waals surface area contributed by atoms with E-state index in [4.69, 9.17) is 11.6 Å². The van der Waals surface area contributed by atoms with Crippen LogP contribution in [0.1, 0.15) is 5.56 Å². The smallest absolute Gasteiger partial charge is 0.179 e. The molecular weight excluding hydrogens is 216 g/mol. The summed E-state index contributed by atoms with van der Waals surface area (Å²) >= 11 is 5.84. The van der Waals surface area contributed by atoms with E-state index >= 15 is 0 Å². The second-order valence-corrected chi connectivity index (χ2v) is 3.36. The number of carbonyl (C=O) groups is 1. The highest BCUT2D eigenvalue weighted by atomic mass is 35.5. The van der Waals surface area contributed by atoms with Gasteiger partial charge >= 0.3 is 0 Å². The van der Waals surface area contributed by atoms with Gasteiger partial charge in [0.1, 0.15) is 6.29 Å². The summed E-state index contributed by atoms with van der Waals surface area (Å²) in [6.45, 7) is 0. The molecule has 0 aliphatic heterocycles. The first-order valence-electron chi connectivity index (χ1n) is 4.27. The molecule has 0 aliphatic rings. The van der Waals surface area contributed by atoms with E-state index in [2.05, 4.69) is 20.6 Å². The van der Waals surface area contributed by atoms with Gasteiger partial charge in [0.05, 0.1) is 0 Å². The van der Waals surface area contributed by atoms with Crippen molar-refractivity contribution in [3.63, 3.8) is 0 Å². The van der Waals surface area contributed by atoms with E-state index in [1.54, 1.807) is 18.2 Å². The van der Waals surface area contributed by atoms with Gasteiger partial charge in [-0.15, -0.1) is 5.10 Å². The molecule has 0 fully saturated rings. The van der Waals surface area contributed by atoms with Crippen molar-refractivity contribution in [2.75, 3.05) is 0 Å². The Bertz CT molecular complexity index is 469. The number of aromatic nitrogens is 4. The van der Waals surface area contributed by atoms with Gasteiger partial charge in [0.25, 0.3) is 0 Å². The zero-order valence-electron chi connectivity index (χ0n) is 7.64. The number of hydrogen-bond donors (Lipinski definition) is 1. The van der Waals surface area contributed by atoms with E-state index in [0.29, 0.717) is 10.8 Å². The molecule has 0 aliphatic carbocycles. The highest BCUT2D eigenvalue weighted by Gasteiger charge is 2.08. The van der Waals surface area contributed by atoms with Gasteiger partial charge in [0.2, 0.25) is 0 Å². The molecule has 0 saturated carbocycles. The predicted octanol–water partition coefficient (Wildman–Crippen LogP) is 1.26. The first kappa shape index (κ1) is 9.79. The molecule has 2 aromatic rings. The first-order valence-corrected chi connectivity index (χ1v) is 4.65. The number of rotatable bonds is 3. The van der Waals surface area contributed by atoms with Gasteiger partial charge in [0.15, 0.2) is 5.82 Å². The van der Waals surface area contributed by atoms with E-state index in [1.165, 1.54) is 0 Å². The van der Waals surface area contributed by atoms with Gasteiger partial charge in [-0.1, -0.05) is 11.6 Å². The van der Waals surface area contributed by atoms with Gasteiger partial charge in [0, 0.05) is 17.0 Å². The molecule has 6 heteroatoms. The number of carbonyl (C=O) groups excluding carboxylic acids is 1. The first-order chi connectivity index (χ1) is 7.31. The van der Waals surface area contributed by atoms with Crippen LogP contribution in [0.3, 0.4) is 0 Å². The molecule has 0 amide bonds. The molecule has 0 radical (unpaired) electrons. The quantitative estimate of drug-likeness (QED) is 0.794. The van der Waals surface area contributed by atoms with Crippen molar-refractivity contribution in [2.45, 2.75) is 6.42 Å². The monoisotopic (exact) mass is 222 g/mol. The largest absolute Gasteiger partial charge is 0.303 e. The minimum absolute atomic E-state index is 0.288. The number of H-pyrrole nitrogens is 1. The Morgan fingerprint density at radius 2 is 2.33 bits per heavy atom. The van der Waals surface area contributed by atoms with Crippen LogP contribution < -0.4 is 0 Å². The number of hydrogen-bond acceptors (Lipinski definition) is 4. The molecule has 1 heterocycles. The van der Waals surface area contributed by atoms with Crippen LogP contribution in [0.15, 0.2) is 18.2 Å². The van der Waals surface area contributed by atoms with E-state index in [0.717, 1.165) is 17.4 Å². The average molecular weight is 223 g/mol. The third kappa shape index (κ3) is 2.02. The maximum absolute atomic E-state index is 10.5. The number of aromatic amines is 1. The van der Waals surface area contributed by atoms with Crippen LogP contribution in [0.25, 0.3) is 11.4 Å². The lowest BCUT2D eigenvalue weighted by atomic mass is 10.0. The summed E-state index contributed by atoms with van der Waals surface area (Å²) < 4.78 is 0. The summed E-state index contributed by atoms with van der Waals surface area (Å²) in [5.74, 6) is 0.531. The number of halogens is 1. The van der Waals surface area contributed by atoms with E-state index in [-0.39, 0.29) is 6.42 Å². The van der Waals surface area contributed by atoms with Gasteiger partial charge in [-0.3, -0.25) is 0 Å². The van der Waals surface area contributed by atoms with Crippen molar-refractivity contribution in [3.8, 4) is 11.4 Å². The number of nitrogens with zero attached hydrogens (tertiary/aromatic N) is 3. The van der Waals surface area contributed by atoms with Crippen LogP contribution in [-0.2, 0) is 11.2 Å². The molecule has 1 aromatic heterocycles. The molecule has 0 bridgehead atoms. The molecule has 76 valence electrons. The van der Waals surface area contributed by atoms with Crippen molar-refractivity contribution < 1.29 is 4.79 Å². The lowest BCUT2D eigenvalue weighted by Gasteiger charge is -2.03. The maximum atomic E-state index is 10.5. The summed E-state index contributed by atoms with van der Waals surface area (Å²) in [6, 6.07) is 5.24. The van der Waals surface area contributed by atoms with Crippen molar-refractivity contribution >= 4 is 17.9 Å². The average Bonchev–Trinajstić information content (AvgIpc) is 2.71. The van der Waals surface area contributed by atoms with Gasteiger partial charge in [-0.2, -0.15) is 0 Å². The molecule has 1 N–H and O–H groups in total. The molecule has 0 atom stereocenters. The molecule has 1 aromatic carbocycles. The summed E-state index contributed by atoms with van der Waals surface area (Å²) in [6.07, 6.45) is 1.11. The van der Waals surface area contributed by atoms with Gasteiger partial charge in [-0.05, 0) is 34.2 Å². The number of aldehydes is 1. The topological polar surface area (TPSA) is 71.5 Å². The Balaban J connectivity index is 2.50. The van der Waals surface area contributed by atoms with E-state index in [9.17, 15) is 4.79 Å². The molecule has 0 spiro atoms. The molecule has 0 unspecified atom stereocenters. The van der Waals surface area contributed by atoms with Crippen LogP contribution in [0.5, 0.6) is 0 Å². The minimum Gasteiger partial charge on any atom is -0.303 e. The Hall–Kier alpha value is -1.75. The molecule has 0 saturated heterocycles. The van der Waals surface area contributed by atoms with Crippen molar-refractivity contribution in [1.29, 1.82) is 0 Å². The van der Waals surface area contributed by atoms with E-state index in [1.807, 2.05) is 0 Å². The van der Waals surface area contributed by atoms with Crippen LogP contribution in [0, 0.1) is 0 Å². The Labute approximate surface area is 90.5 Å². The Kier molecular flexibility index (Phi) is 2.73. The maximum Gasteiger partial charge on any atom is 0.179 e. The van der Waals surface area contributed by atoms with Crippen molar-refractivity contribution in [3.05, 3.63) is 28.8 Å². The number of tetrazole rings is 1. The lowest BCUT2D eigenvalue weighted by molar-refractivity contribution is -0.107. The predicted molar refractivity (Wildman–Crippen MR) is 54.4 cm³/mol. The fourth-order valence-electron chi connectivity index (χ4n) is 1.33. The molecule has 2 rings (SSSR count). The van der Waals surface area contributed by atoms with Crippen molar-refractivity contribution in [1.82, 2.24) is 20.6 Å². The van der Waals surface area contributed by atoms with Crippen LogP contribution >= 0.6 is 11.6 Å². The summed E-state index contributed by atoms with van der Waals surface area (Å²) in [7, 11) is 0. The standard InChI is InChI=1S/C9H7ClN4O/c10-7-1-2-8(6(5-7)3-4-15)9-11-13-14-12-9/h1-2,4-5H,3H2,(H,11,12,13,14). The zero-order valence-corrected chi connectivity index (χ0v) is 8.40. The van der Waals surface area contributed by atoms with Crippen LogP contribution in [-0.4, -0.2) is 26.9 Å². The van der Waals surface area contributed by atoms with E-state index < -0.39 is 0 Å². The fraction of sp³-hybridized carbons (Fsp3) is 0.111. The molecular formula is C9H7ClN4O. The van der Waals surface area contributed by atoms with Crippen LogP contribution in [0.4, 0.5) is 0 Å². The van der Waals surface area contributed by atoms with Gasteiger partial charge in [-0.25, -0.2) is 5.10 Å². The highest BCUT2D eigenvalue weighted by molar-refractivity contribution is 6.30. The number of benzene rings is 1. The highest BCUT2D eigenvalue weighted by Crippen LogP contribution is 2.23. The van der Waals surface area contributed by atoms with Crippen molar-refractivity contribution in [2.24, 2.45) is 0 Å². The van der Waals surface area contributed by atoms with Crippen LogP contribution in [0.2, 0.25) is 5.02 Å². The second-order valence-electron chi connectivity index (χ2n) is 2.92. The zero-order chi connectivity index (χ0) is 10.7. The second kappa shape index (κ2) is 4.18. The van der Waals surface area contributed by atoms with Gasteiger partial charge < -0.3 is 4.79 Å². The Morgan fingerprint density at radius 3 is 3.00 bits per heavy atom. The third-order valence-electron chi connectivity index (χ3n) is 1.97. The minimum atomic E-state index is 0.288. The lowest BCUT2D eigenvalue weighted by Crippen LogP contribution is -1.92. The Morgan fingerprint density at radius 1 is 1.47 bits per heavy atom. The summed E-state index contributed by atoms with van der Waals surface area (Å²) in [5.41, 5.74) is 1.59. The normalized spacial score (nSPS) is 10.2. The summed E-state index contributed by atoms with van der Waals surface area (Å²) in [5, 5.41) is 14.0. The molecule has 15 heavy (non-hydrogen) atoms. The number of nitrogens with one attached hydrogen (secondary N) is 1. The molecule has 5 nitrogen and oxygen atoms in total. The third-order valence-corrected chi connectivity index (χ3v) is 2.21. The fourth-order valence-corrected chi connectivity index (χ4v) is 1.52. The SMILES string of the molecule is O=CCc1cc(Cl)ccc1-c1nnn[nH]1.